The number of benzene rings is 1. The van der Waals surface area contributed by atoms with E-state index < -0.39 is 0 Å². The molecule has 0 heterocycles. The highest BCUT2D eigenvalue weighted by atomic mass is 35.5. The number of hydrogen-bond donors (Lipinski definition) is 1. The third-order valence-corrected chi connectivity index (χ3v) is 1.98. The summed E-state index contributed by atoms with van der Waals surface area (Å²) in [5.74, 6) is 0.722. The molecule has 4 nitrogen and oxygen atoms in total. The van der Waals surface area contributed by atoms with Crippen LogP contribution in [0.25, 0.3) is 0 Å². The van der Waals surface area contributed by atoms with Crippen LogP contribution in [0.15, 0.2) is 12.1 Å². The summed E-state index contributed by atoms with van der Waals surface area (Å²) in [5, 5.41) is 17.6. The number of hydrogen-bond acceptors (Lipinski definition) is 4. The van der Waals surface area contributed by atoms with Crippen molar-refractivity contribution in [2.45, 2.75) is 0 Å². The first kappa shape index (κ1) is 11.6. The molecule has 0 atom stereocenters. The van der Waals surface area contributed by atoms with Gasteiger partial charge in [-0.15, -0.1) is 0 Å². The van der Waals surface area contributed by atoms with Crippen LogP contribution in [-0.2, 0) is 0 Å². The maximum Gasteiger partial charge on any atom is 0.179 e. The lowest BCUT2D eigenvalue weighted by Crippen LogP contribution is -2.03. The highest BCUT2D eigenvalue weighted by Gasteiger charge is 2.11. The van der Waals surface area contributed by atoms with Crippen molar-refractivity contribution in [3.63, 3.8) is 0 Å². The molecule has 5 heteroatoms. The van der Waals surface area contributed by atoms with Gasteiger partial charge in [0.1, 0.15) is 6.61 Å². The van der Waals surface area contributed by atoms with Gasteiger partial charge < -0.3 is 14.6 Å². The Morgan fingerprint density at radius 3 is 2.80 bits per heavy atom. The fraction of sp³-hybridized carbons (Fsp3) is 0.300. The number of nitriles is 1. The lowest BCUT2D eigenvalue weighted by molar-refractivity contribution is 0.196. The number of aliphatic hydroxyl groups is 1. The molecule has 15 heavy (non-hydrogen) atoms. The smallest absolute Gasteiger partial charge is 0.179 e. The van der Waals surface area contributed by atoms with Gasteiger partial charge in [-0.2, -0.15) is 5.26 Å². The zero-order valence-corrected chi connectivity index (χ0v) is 8.91. The summed E-state index contributed by atoms with van der Waals surface area (Å²) in [5.41, 5.74) is 0.396. The quantitative estimate of drug-likeness (QED) is 0.849. The Kier molecular flexibility index (Phi) is 4.22. The fourth-order valence-corrected chi connectivity index (χ4v) is 1.34. The zero-order valence-electron chi connectivity index (χ0n) is 8.16. The number of nitrogens with zero attached hydrogens (tertiary/aromatic N) is 1. The monoisotopic (exact) mass is 227 g/mol. The zero-order chi connectivity index (χ0) is 11.3. The molecule has 1 aromatic rings. The van der Waals surface area contributed by atoms with Gasteiger partial charge in [-0.3, -0.25) is 0 Å². The normalized spacial score (nSPS) is 9.47. The summed E-state index contributed by atoms with van der Waals surface area (Å²) in [6.45, 7) is 0.0153. The molecule has 1 N–H and O–H groups in total. The van der Waals surface area contributed by atoms with Gasteiger partial charge in [0, 0.05) is 6.07 Å². The SMILES string of the molecule is COc1cc(C#N)cc(Cl)c1OCCO. The summed E-state index contributed by atoms with van der Waals surface area (Å²) in [7, 11) is 1.46. The molecule has 0 aliphatic rings. The highest BCUT2D eigenvalue weighted by molar-refractivity contribution is 6.32. The van der Waals surface area contributed by atoms with Gasteiger partial charge in [0.25, 0.3) is 0 Å². The Labute approximate surface area is 92.6 Å². The molecule has 0 unspecified atom stereocenters. The molecule has 0 saturated carbocycles. The summed E-state index contributed by atoms with van der Waals surface area (Å²) in [6, 6.07) is 4.97. The van der Waals surface area contributed by atoms with E-state index in [4.69, 9.17) is 31.4 Å². The molecule has 0 aliphatic carbocycles. The van der Waals surface area contributed by atoms with Crippen LogP contribution < -0.4 is 9.47 Å². The van der Waals surface area contributed by atoms with E-state index in [1.165, 1.54) is 19.2 Å². The van der Waals surface area contributed by atoms with Gasteiger partial charge in [0.05, 0.1) is 30.4 Å². The van der Waals surface area contributed by atoms with Crippen molar-refractivity contribution in [2.75, 3.05) is 20.3 Å². The van der Waals surface area contributed by atoms with Crippen molar-refractivity contribution < 1.29 is 14.6 Å². The minimum atomic E-state index is -0.112. The van der Waals surface area contributed by atoms with E-state index >= 15 is 0 Å². The topological polar surface area (TPSA) is 62.5 Å². The van der Waals surface area contributed by atoms with E-state index in [-0.39, 0.29) is 13.2 Å². The van der Waals surface area contributed by atoms with Crippen LogP contribution >= 0.6 is 11.6 Å². The summed E-state index contributed by atoms with van der Waals surface area (Å²) in [4.78, 5) is 0. The Morgan fingerprint density at radius 2 is 2.27 bits per heavy atom. The average molecular weight is 228 g/mol. The first-order valence-corrected chi connectivity index (χ1v) is 4.62. The second-order valence-corrected chi connectivity index (χ2v) is 3.08. The first-order chi connectivity index (χ1) is 7.22. The number of rotatable bonds is 4. The van der Waals surface area contributed by atoms with E-state index in [0.717, 1.165) is 0 Å². The van der Waals surface area contributed by atoms with E-state index in [2.05, 4.69) is 0 Å². The molecule has 0 aromatic heterocycles. The van der Waals surface area contributed by atoms with Gasteiger partial charge >= 0.3 is 0 Å². The third-order valence-electron chi connectivity index (χ3n) is 1.70. The van der Waals surface area contributed by atoms with E-state index in [9.17, 15) is 0 Å². The van der Waals surface area contributed by atoms with Gasteiger partial charge in [-0.05, 0) is 6.07 Å². The maximum atomic E-state index is 8.70. The molecule has 0 spiro atoms. The minimum absolute atomic E-state index is 0.112. The summed E-state index contributed by atoms with van der Waals surface area (Å²) in [6.07, 6.45) is 0. The molecule has 0 aliphatic heterocycles. The molecule has 0 saturated heterocycles. The van der Waals surface area contributed by atoms with Crippen LogP contribution in [0.1, 0.15) is 5.56 Å². The fourth-order valence-electron chi connectivity index (χ4n) is 1.07. The molecule has 0 amide bonds. The molecular weight excluding hydrogens is 218 g/mol. The van der Waals surface area contributed by atoms with Gasteiger partial charge in [0.15, 0.2) is 11.5 Å². The van der Waals surface area contributed by atoms with Crippen molar-refractivity contribution in [3.8, 4) is 17.6 Å². The molecule has 1 aromatic carbocycles. The Bertz CT molecular complexity index is 387. The average Bonchev–Trinajstić information content (AvgIpc) is 2.26. The van der Waals surface area contributed by atoms with Crippen molar-refractivity contribution in [1.82, 2.24) is 0 Å². The number of ether oxygens (including phenoxy) is 2. The predicted molar refractivity (Wildman–Crippen MR) is 55.3 cm³/mol. The van der Waals surface area contributed by atoms with E-state index in [1.807, 2.05) is 6.07 Å². The minimum Gasteiger partial charge on any atom is -0.493 e. The van der Waals surface area contributed by atoms with Crippen molar-refractivity contribution in [3.05, 3.63) is 22.7 Å². The number of methoxy groups -OCH3 is 1. The largest absolute Gasteiger partial charge is 0.493 e. The Morgan fingerprint density at radius 1 is 1.53 bits per heavy atom. The van der Waals surface area contributed by atoms with Gasteiger partial charge in [-0.25, -0.2) is 0 Å². The number of aliphatic hydroxyl groups excluding tert-OH is 1. The van der Waals surface area contributed by atoms with Crippen LogP contribution in [0.5, 0.6) is 11.5 Å². The molecular formula is C10H10ClNO3. The summed E-state index contributed by atoms with van der Waals surface area (Å²) >= 11 is 5.89. The molecule has 0 fully saturated rings. The van der Waals surface area contributed by atoms with E-state index in [0.29, 0.717) is 22.1 Å². The number of halogens is 1. The first-order valence-electron chi connectivity index (χ1n) is 4.24. The molecule has 1 rings (SSSR count). The van der Waals surface area contributed by atoms with Crippen LogP contribution in [0.3, 0.4) is 0 Å². The van der Waals surface area contributed by atoms with Crippen molar-refractivity contribution in [1.29, 1.82) is 5.26 Å². The van der Waals surface area contributed by atoms with Crippen LogP contribution in [0.4, 0.5) is 0 Å². The standard InChI is InChI=1S/C10H10ClNO3/c1-14-9-5-7(6-12)4-8(11)10(9)15-3-2-13/h4-5,13H,2-3H2,1H3. The molecule has 0 bridgehead atoms. The Balaban J connectivity index is 3.08. The predicted octanol–water partition coefficient (Wildman–Crippen LogP) is 1.59. The molecule has 0 radical (unpaired) electrons. The van der Waals surface area contributed by atoms with Crippen LogP contribution in [0, 0.1) is 11.3 Å². The lowest BCUT2D eigenvalue weighted by Gasteiger charge is -2.11. The van der Waals surface area contributed by atoms with E-state index in [1.54, 1.807) is 0 Å². The van der Waals surface area contributed by atoms with Crippen molar-refractivity contribution >= 4 is 11.6 Å². The van der Waals surface area contributed by atoms with Crippen molar-refractivity contribution in [2.24, 2.45) is 0 Å². The summed E-state index contributed by atoms with van der Waals surface area (Å²) < 4.78 is 10.2. The van der Waals surface area contributed by atoms with Crippen LogP contribution in [-0.4, -0.2) is 25.4 Å². The maximum absolute atomic E-state index is 8.70. The second-order valence-electron chi connectivity index (χ2n) is 2.67. The third kappa shape index (κ3) is 2.75. The highest BCUT2D eigenvalue weighted by Crippen LogP contribution is 2.36. The second kappa shape index (κ2) is 5.44. The van der Waals surface area contributed by atoms with Gasteiger partial charge in [0.2, 0.25) is 0 Å². The van der Waals surface area contributed by atoms with Crippen LogP contribution in [0.2, 0.25) is 5.02 Å². The van der Waals surface area contributed by atoms with Gasteiger partial charge in [-0.1, -0.05) is 11.6 Å². The lowest BCUT2D eigenvalue weighted by atomic mass is 10.2. The Hall–Kier alpha value is -1.44. The molecule has 80 valence electrons.